The molecule has 0 atom stereocenters. The topological polar surface area (TPSA) is 82.9 Å². The Kier molecular flexibility index (Phi) is 5.63. The molecule has 1 aliphatic carbocycles. The molecule has 0 unspecified atom stereocenters. The quantitative estimate of drug-likeness (QED) is 0.540. The monoisotopic (exact) mass is 424 g/mol. The van der Waals surface area contributed by atoms with Gasteiger partial charge in [-0.1, -0.05) is 11.6 Å². The Morgan fingerprint density at radius 1 is 1.10 bits per heavy atom. The van der Waals surface area contributed by atoms with Gasteiger partial charge >= 0.3 is 0 Å². The van der Waals surface area contributed by atoms with Crippen LogP contribution in [0.5, 0.6) is 0 Å². The van der Waals surface area contributed by atoms with E-state index in [-0.39, 0.29) is 0 Å². The van der Waals surface area contributed by atoms with Gasteiger partial charge in [-0.05, 0) is 68.4 Å². The minimum absolute atomic E-state index is 0.413. The van der Waals surface area contributed by atoms with Gasteiger partial charge in [-0.15, -0.1) is 0 Å². The summed E-state index contributed by atoms with van der Waals surface area (Å²) < 4.78 is 0. The van der Waals surface area contributed by atoms with E-state index in [1.165, 1.54) is 25.7 Å². The van der Waals surface area contributed by atoms with Crippen molar-refractivity contribution in [3.8, 4) is 11.1 Å². The minimum atomic E-state index is 0.413. The fourth-order valence-electron chi connectivity index (χ4n) is 5.01. The largest absolute Gasteiger partial charge is 0.367 e. The van der Waals surface area contributed by atoms with E-state index >= 15 is 0 Å². The molecule has 1 saturated heterocycles. The van der Waals surface area contributed by atoms with E-state index in [0.717, 1.165) is 60.0 Å². The fourth-order valence-corrected chi connectivity index (χ4v) is 5.21. The van der Waals surface area contributed by atoms with Crippen molar-refractivity contribution in [1.29, 1.82) is 0 Å². The number of pyridine rings is 2. The summed E-state index contributed by atoms with van der Waals surface area (Å²) in [6.45, 7) is 2.28. The molecule has 2 aliphatic rings. The van der Waals surface area contributed by atoms with Gasteiger partial charge in [0.15, 0.2) is 0 Å². The van der Waals surface area contributed by atoms with E-state index in [0.29, 0.717) is 17.2 Å². The number of piperidine rings is 1. The summed E-state index contributed by atoms with van der Waals surface area (Å²) in [5.74, 6) is 0.845. The van der Waals surface area contributed by atoms with Crippen LogP contribution in [-0.2, 0) is 0 Å². The van der Waals surface area contributed by atoms with Crippen molar-refractivity contribution >= 4 is 28.5 Å². The first-order chi connectivity index (χ1) is 14.7. The molecule has 158 valence electrons. The molecule has 4 heterocycles. The van der Waals surface area contributed by atoms with Crippen LogP contribution in [0.3, 0.4) is 0 Å². The van der Waals surface area contributed by atoms with Crippen LogP contribution in [-0.4, -0.2) is 51.1 Å². The van der Waals surface area contributed by atoms with Crippen molar-refractivity contribution in [2.45, 2.75) is 56.7 Å². The third kappa shape index (κ3) is 4.17. The maximum atomic E-state index is 6.38. The molecule has 3 aromatic heterocycles. The van der Waals surface area contributed by atoms with Gasteiger partial charge in [0.1, 0.15) is 16.6 Å². The van der Waals surface area contributed by atoms with E-state index in [1.807, 2.05) is 18.3 Å². The van der Waals surface area contributed by atoms with Gasteiger partial charge in [0.2, 0.25) is 0 Å². The molecule has 0 aromatic carbocycles. The lowest BCUT2D eigenvalue weighted by Gasteiger charge is -2.40. The van der Waals surface area contributed by atoms with Gasteiger partial charge in [0.05, 0.1) is 0 Å². The maximum Gasteiger partial charge on any atom is 0.137 e. The van der Waals surface area contributed by atoms with Crippen LogP contribution in [0, 0.1) is 0 Å². The highest BCUT2D eigenvalue weighted by Gasteiger charge is 2.28. The fraction of sp³-hybridized carbons (Fsp3) is 0.478. The number of halogens is 1. The van der Waals surface area contributed by atoms with Crippen LogP contribution >= 0.6 is 11.6 Å². The van der Waals surface area contributed by atoms with Crippen molar-refractivity contribution in [2.24, 2.45) is 5.73 Å². The SMILES string of the molecule is NC1CCC(N2CCC(Nc3cc(-c4c[nH]c5ncccc45)cc(Cl)n3)CC2)CC1. The second-order valence-electron chi connectivity index (χ2n) is 8.69. The number of hydrogen-bond acceptors (Lipinski definition) is 5. The van der Waals surface area contributed by atoms with Crippen LogP contribution in [0.4, 0.5) is 5.82 Å². The second-order valence-corrected chi connectivity index (χ2v) is 9.08. The molecule has 2 fully saturated rings. The van der Waals surface area contributed by atoms with Crippen molar-refractivity contribution in [2.75, 3.05) is 18.4 Å². The van der Waals surface area contributed by atoms with E-state index in [9.17, 15) is 0 Å². The van der Waals surface area contributed by atoms with E-state index < -0.39 is 0 Å². The van der Waals surface area contributed by atoms with Crippen LogP contribution in [0.25, 0.3) is 22.2 Å². The van der Waals surface area contributed by atoms with Gasteiger partial charge in [-0.25, -0.2) is 9.97 Å². The van der Waals surface area contributed by atoms with Gasteiger partial charge in [0.25, 0.3) is 0 Å². The average molecular weight is 425 g/mol. The summed E-state index contributed by atoms with van der Waals surface area (Å²) in [7, 11) is 0. The number of aromatic nitrogens is 3. The molecular formula is C23H29ClN6. The molecule has 30 heavy (non-hydrogen) atoms. The molecule has 3 aromatic rings. The van der Waals surface area contributed by atoms with Gasteiger partial charge in [0, 0.05) is 54.6 Å². The Bertz CT molecular complexity index is 1000. The third-order valence-electron chi connectivity index (χ3n) is 6.70. The first-order valence-electron chi connectivity index (χ1n) is 11.0. The molecule has 4 N–H and O–H groups in total. The van der Waals surface area contributed by atoms with Gasteiger partial charge in [-0.2, -0.15) is 0 Å². The molecule has 5 rings (SSSR count). The number of fused-ring (bicyclic) bond motifs is 1. The Hall–Kier alpha value is -2.15. The van der Waals surface area contributed by atoms with E-state index in [4.69, 9.17) is 17.3 Å². The third-order valence-corrected chi connectivity index (χ3v) is 6.89. The lowest BCUT2D eigenvalue weighted by Crippen LogP contribution is -2.47. The number of H-pyrrole nitrogens is 1. The number of nitrogens with two attached hydrogens (primary N) is 1. The molecule has 1 aliphatic heterocycles. The van der Waals surface area contributed by atoms with Crippen molar-refractivity contribution in [3.05, 3.63) is 41.8 Å². The second kappa shape index (κ2) is 8.53. The highest BCUT2D eigenvalue weighted by Crippen LogP contribution is 2.31. The number of nitrogens with one attached hydrogen (secondary N) is 2. The van der Waals surface area contributed by atoms with Crippen molar-refractivity contribution in [3.63, 3.8) is 0 Å². The molecule has 0 radical (unpaired) electrons. The number of anilines is 1. The molecule has 6 nitrogen and oxygen atoms in total. The molecule has 0 spiro atoms. The van der Waals surface area contributed by atoms with Crippen LogP contribution in [0.1, 0.15) is 38.5 Å². The first-order valence-corrected chi connectivity index (χ1v) is 11.4. The number of likely N-dealkylation sites (tertiary alicyclic amines) is 1. The predicted octanol–water partition coefficient (Wildman–Crippen LogP) is 4.42. The maximum absolute atomic E-state index is 6.38. The number of hydrogen-bond donors (Lipinski definition) is 3. The van der Waals surface area contributed by atoms with E-state index in [1.54, 1.807) is 6.20 Å². The number of aromatic amines is 1. The Balaban J connectivity index is 1.26. The molecule has 7 heteroatoms. The van der Waals surface area contributed by atoms with Crippen molar-refractivity contribution in [1.82, 2.24) is 19.9 Å². The summed E-state index contributed by atoms with van der Waals surface area (Å²) in [5.41, 5.74) is 9.10. The Morgan fingerprint density at radius 2 is 1.90 bits per heavy atom. The zero-order valence-electron chi connectivity index (χ0n) is 17.1. The first kappa shape index (κ1) is 19.8. The zero-order chi connectivity index (χ0) is 20.5. The lowest BCUT2D eigenvalue weighted by atomic mass is 9.89. The Labute approximate surface area is 182 Å². The summed E-state index contributed by atoms with van der Waals surface area (Å²) >= 11 is 6.38. The minimum Gasteiger partial charge on any atom is -0.367 e. The highest BCUT2D eigenvalue weighted by atomic mass is 35.5. The summed E-state index contributed by atoms with van der Waals surface area (Å²) in [4.78, 5) is 14.8. The van der Waals surface area contributed by atoms with Crippen LogP contribution in [0.2, 0.25) is 5.15 Å². The zero-order valence-corrected chi connectivity index (χ0v) is 17.9. The smallest absolute Gasteiger partial charge is 0.137 e. The molecule has 1 saturated carbocycles. The summed E-state index contributed by atoms with van der Waals surface area (Å²) in [6.07, 6.45) is 10.9. The molecule has 0 bridgehead atoms. The van der Waals surface area contributed by atoms with Gasteiger partial charge in [-0.3, -0.25) is 0 Å². The standard InChI is InChI=1S/C23H29ClN6/c24-21-12-15(20-14-27-23-19(20)2-1-9-26-23)13-22(29-21)28-17-7-10-30(11-8-17)18-5-3-16(25)4-6-18/h1-2,9,12-14,16-18H,3-8,10-11,25H2,(H,26,27)(H,28,29). The predicted molar refractivity (Wildman–Crippen MR) is 123 cm³/mol. The van der Waals surface area contributed by atoms with Crippen LogP contribution < -0.4 is 11.1 Å². The van der Waals surface area contributed by atoms with Crippen molar-refractivity contribution < 1.29 is 0 Å². The Morgan fingerprint density at radius 3 is 2.70 bits per heavy atom. The molecule has 0 amide bonds. The number of nitrogens with zero attached hydrogens (tertiary/aromatic N) is 3. The van der Waals surface area contributed by atoms with Gasteiger partial charge < -0.3 is 20.9 Å². The number of rotatable bonds is 4. The van der Waals surface area contributed by atoms with Crippen LogP contribution in [0.15, 0.2) is 36.7 Å². The summed E-state index contributed by atoms with van der Waals surface area (Å²) in [6, 6.07) is 9.60. The van der Waals surface area contributed by atoms with E-state index in [2.05, 4.69) is 37.3 Å². The molecular weight excluding hydrogens is 396 g/mol. The normalized spacial score (nSPS) is 23.7. The lowest BCUT2D eigenvalue weighted by molar-refractivity contribution is 0.121. The summed E-state index contributed by atoms with van der Waals surface area (Å²) in [5, 5.41) is 5.23. The highest BCUT2D eigenvalue weighted by molar-refractivity contribution is 6.29. The average Bonchev–Trinajstić information content (AvgIpc) is 3.19.